The zero-order valence-electron chi connectivity index (χ0n) is 10.0. The van der Waals surface area contributed by atoms with E-state index in [4.69, 9.17) is 0 Å². The minimum Gasteiger partial charge on any atom is -0.390 e. The van der Waals surface area contributed by atoms with E-state index < -0.39 is 21.0 Å². The molecule has 0 radical (unpaired) electrons. The molecule has 0 aliphatic carbocycles. The SMILES string of the molecule is CC(C)S[C@@]1(C(O)C(C)C)CCCS1=O. The monoisotopic (exact) mass is 250 g/mol. The topological polar surface area (TPSA) is 37.3 Å². The van der Waals surface area contributed by atoms with Crippen LogP contribution in [0.25, 0.3) is 0 Å². The van der Waals surface area contributed by atoms with Gasteiger partial charge in [0.25, 0.3) is 0 Å². The molecule has 0 saturated carbocycles. The van der Waals surface area contributed by atoms with Gasteiger partial charge in [-0.05, 0) is 18.8 Å². The Bertz CT molecular complexity index is 241. The highest BCUT2D eigenvalue weighted by Gasteiger charge is 2.48. The highest BCUT2D eigenvalue weighted by molar-refractivity contribution is 8.13. The first-order valence-electron chi connectivity index (χ1n) is 5.64. The third-order valence-electron chi connectivity index (χ3n) is 2.76. The lowest BCUT2D eigenvalue weighted by atomic mass is 10.0. The summed E-state index contributed by atoms with van der Waals surface area (Å²) in [4.78, 5) is 0. The van der Waals surface area contributed by atoms with E-state index in [-0.39, 0.29) is 5.92 Å². The Morgan fingerprint density at radius 2 is 1.93 bits per heavy atom. The number of aliphatic hydroxyl groups is 1. The number of hydrogen-bond donors (Lipinski definition) is 1. The Morgan fingerprint density at radius 1 is 1.33 bits per heavy atom. The van der Waals surface area contributed by atoms with Gasteiger partial charge in [-0.15, -0.1) is 11.8 Å². The predicted octanol–water partition coefficient (Wildman–Crippen LogP) is 2.38. The maximum atomic E-state index is 12.1. The molecule has 2 nitrogen and oxygen atoms in total. The Morgan fingerprint density at radius 3 is 2.27 bits per heavy atom. The summed E-state index contributed by atoms with van der Waals surface area (Å²) in [5, 5.41) is 10.7. The summed E-state index contributed by atoms with van der Waals surface area (Å²) in [6.45, 7) is 8.22. The molecule has 1 saturated heterocycles. The van der Waals surface area contributed by atoms with Crippen molar-refractivity contribution < 1.29 is 9.32 Å². The van der Waals surface area contributed by atoms with Gasteiger partial charge in [-0.1, -0.05) is 27.7 Å². The van der Waals surface area contributed by atoms with Crippen LogP contribution >= 0.6 is 11.8 Å². The molecule has 15 heavy (non-hydrogen) atoms. The smallest absolute Gasteiger partial charge is 0.117 e. The Labute approximate surface area is 99.7 Å². The number of hydrogen-bond acceptors (Lipinski definition) is 3. The molecule has 1 heterocycles. The van der Waals surface area contributed by atoms with Gasteiger partial charge in [0.2, 0.25) is 0 Å². The van der Waals surface area contributed by atoms with Crippen LogP contribution in [0.2, 0.25) is 0 Å². The van der Waals surface area contributed by atoms with E-state index >= 15 is 0 Å². The molecule has 3 atom stereocenters. The molecule has 0 aromatic carbocycles. The molecule has 1 fully saturated rings. The molecule has 1 rings (SSSR count). The van der Waals surface area contributed by atoms with Crippen LogP contribution in [-0.2, 0) is 10.8 Å². The maximum absolute atomic E-state index is 12.1. The third-order valence-corrected chi connectivity index (χ3v) is 6.80. The molecule has 0 bridgehead atoms. The molecule has 2 unspecified atom stereocenters. The van der Waals surface area contributed by atoms with Gasteiger partial charge < -0.3 is 5.11 Å². The Balaban J connectivity index is 2.90. The van der Waals surface area contributed by atoms with Crippen molar-refractivity contribution in [2.75, 3.05) is 5.75 Å². The van der Waals surface area contributed by atoms with Crippen LogP contribution in [0.3, 0.4) is 0 Å². The fourth-order valence-corrected chi connectivity index (χ4v) is 6.50. The van der Waals surface area contributed by atoms with Crippen LogP contribution < -0.4 is 0 Å². The molecule has 1 aliphatic heterocycles. The first-order chi connectivity index (χ1) is 6.90. The lowest BCUT2D eigenvalue weighted by molar-refractivity contribution is 0.110. The maximum Gasteiger partial charge on any atom is 0.117 e. The summed E-state index contributed by atoms with van der Waals surface area (Å²) in [6.07, 6.45) is 1.42. The minimum absolute atomic E-state index is 0.179. The van der Waals surface area contributed by atoms with Crippen molar-refractivity contribution in [3.8, 4) is 0 Å². The van der Waals surface area contributed by atoms with Crippen LogP contribution in [0.4, 0.5) is 0 Å². The Hall–Kier alpha value is 0.460. The zero-order chi connectivity index (χ0) is 11.6. The van der Waals surface area contributed by atoms with Crippen molar-refractivity contribution in [3.63, 3.8) is 0 Å². The number of thioether (sulfide) groups is 1. The fraction of sp³-hybridized carbons (Fsp3) is 1.00. The molecule has 90 valence electrons. The van der Waals surface area contributed by atoms with Crippen molar-refractivity contribution in [3.05, 3.63) is 0 Å². The number of rotatable bonds is 4. The van der Waals surface area contributed by atoms with Gasteiger partial charge in [0.05, 0.1) is 6.10 Å². The van der Waals surface area contributed by atoms with Crippen molar-refractivity contribution in [2.45, 2.75) is 56.0 Å². The largest absolute Gasteiger partial charge is 0.390 e. The second kappa shape index (κ2) is 5.19. The van der Waals surface area contributed by atoms with Crippen LogP contribution in [0, 0.1) is 5.92 Å². The van der Waals surface area contributed by atoms with Gasteiger partial charge >= 0.3 is 0 Å². The molecule has 4 heteroatoms. The van der Waals surface area contributed by atoms with Crippen molar-refractivity contribution in [2.24, 2.45) is 5.92 Å². The molecule has 0 spiro atoms. The van der Waals surface area contributed by atoms with E-state index in [0.29, 0.717) is 5.25 Å². The minimum atomic E-state index is -0.878. The van der Waals surface area contributed by atoms with Crippen molar-refractivity contribution in [1.29, 1.82) is 0 Å². The molecular weight excluding hydrogens is 228 g/mol. The van der Waals surface area contributed by atoms with Crippen LogP contribution in [-0.4, -0.2) is 30.5 Å². The highest BCUT2D eigenvalue weighted by atomic mass is 32.2. The van der Waals surface area contributed by atoms with Gasteiger partial charge in [0, 0.05) is 21.8 Å². The molecule has 1 aliphatic rings. The summed E-state index contributed by atoms with van der Waals surface area (Å²) in [6, 6.07) is 0. The van der Waals surface area contributed by atoms with E-state index in [0.717, 1.165) is 18.6 Å². The van der Waals surface area contributed by atoms with E-state index in [2.05, 4.69) is 13.8 Å². The van der Waals surface area contributed by atoms with E-state index in [1.54, 1.807) is 11.8 Å². The first-order valence-corrected chi connectivity index (χ1v) is 7.84. The van der Waals surface area contributed by atoms with Crippen molar-refractivity contribution >= 4 is 22.6 Å². The van der Waals surface area contributed by atoms with E-state index in [1.165, 1.54) is 0 Å². The second-order valence-electron chi connectivity index (χ2n) is 4.82. The Kier molecular flexibility index (Phi) is 4.68. The predicted molar refractivity (Wildman–Crippen MR) is 68.5 cm³/mol. The summed E-state index contributed by atoms with van der Waals surface area (Å²) in [5.74, 6) is 0.932. The average molecular weight is 250 g/mol. The molecule has 0 aromatic rings. The summed E-state index contributed by atoms with van der Waals surface area (Å²) in [5.41, 5.74) is 0. The van der Waals surface area contributed by atoms with Gasteiger partial charge in [0.1, 0.15) is 4.08 Å². The van der Waals surface area contributed by atoms with Gasteiger partial charge in [0.15, 0.2) is 0 Å². The first kappa shape index (κ1) is 13.5. The normalized spacial score (nSPS) is 33.9. The van der Waals surface area contributed by atoms with Gasteiger partial charge in [-0.25, -0.2) is 0 Å². The molecule has 0 aromatic heterocycles. The highest BCUT2D eigenvalue weighted by Crippen LogP contribution is 2.46. The third kappa shape index (κ3) is 2.77. The molecular formula is C11H22O2S2. The van der Waals surface area contributed by atoms with Crippen LogP contribution in [0.5, 0.6) is 0 Å². The van der Waals surface area contributed by atoms with Gasteiger partial charge in [-0.2, -0.15) is 0 Å². The lowest BCUT2D eigenvalue weighted by Gasteiger charge is -2.36. The zero-order valence-corrected chi connectivity index (χ0v) is 11.7. The molecule has 0 amide bonds. The summed E-state index contributed by atoms with van der Waals surface area (Å²) < 4.78 is 11.7. The summed E-state index contributed by atoms with van der Waals surface area (Å²) in [7, 11) is -0.878. The number of aliphatic hydroxyl groups excluding tert-OH is 1. The molecule has 1 N–H and O–H groups in total. The fourth-order valence-electron chi connectivity index (χ4n) is 2.11. The van der Waals surface area contributed by atoms with Crippen LogP contribution in [0.1, 0.15) is 40.5 Å². The van der Waals surface area contributed by atoms with Crippen molar-refractivity contribution in [1.82, 2.24) is 0 Å². The standard InChI is InChI=1S/C11H22O2S2/c1-8(2)10(12)11(14-9(3)4)6-5-7-15(11)13/h8-10,12H,5-7H2,1-4H3/t10?,11-,15?/m0/s1. The van der Waals surface area contributed by atoms with Crippen LogP contribution in [0.15, 0.2) is 0 Å². The average Bonchev–Trinajstić information content (AvgIpc) is 2.46. The summed E-state index contributed by atoms with van der Waals surface area (Å²) >= 11 is 1.70. The quantitative estimate of drug-likeness (QED) is 0.832. The second-order valence-corrected chi connectivity index (χ2v) is 8.81. The van der Waals surface area contributed by atoms with Gasteiger partial charge in [-0.3, -0.25) is 4.21 Å². The van der Waals surface area contributed by atoms with E-state index in [9.17, 15) is 9.32 Å². The van der Waals surface area contributed by atoms with E-state index in [1.807, 2.05) is 13.8 Å². The lowest BCUT2D eigenvalue weighted by Crippen LogP contribution is -2.44.